The van der Waals surface area contributed by atoms with Crippen molar-refractivity contribution in [2.24, 2.45) is 0 Å². The molecule has 0 fully saturated rings. The Morgan fingerprint density at radius 3 is 2.61 bits per heavy atom. The SMILES string of the molecule is C[C@H](O)c1ccc(Sc2cccc(Br)c2)c(F)c1. The third-order valence-corrected chi connectivity index (χ3v) is 4.00. The Balaban J connectivity index is 2.24. The van der Waals surface area contributed by atoms with Crippen LogP contribution < -0.4 is 0 Å². The van der Waals surface area contributed by atoms with E-state index in [1.807, 2.05) is 24.3 Å². The summed E-state index contributed by atoms with van der Waals surface area (Å²) in [7, 11) is 0. The Bertz CT molecular complexity index is 557. The molecule has 18 heavy (non-hydrogen) atoms. The van der Waals surface area contributed by atoms with Gasteiger partial charge in [-0.15, -0.1) is 0 Å². The minimum absolute atomic E-state index is 0.307. The number of halogens is 2. The van der Waals surface area contributed by atoms with Gasteiger partial charge in [-0.25, -0.2) is 4.39 Å². The molecule has 0 amide bonds. The third-order valence-electron chi connectivity index (χ3n) is 2.46. The molecule has 0 saturated heterocycles. The number of aliphatic hydroxyl groups excluding tert-OH is 1. The van der Waals surface area contributed by atoms with E-state index in [9.17, 15) is 9.50 Å². The van der Waals surface area contributed by atoms with Crippen LogP contribution in [-0.4, -0.2) is 5.11 Å². The molecule has 0 bridgehead atoms. The van der Waals surface area contributed by atoms with Crippen LogP contribution in [-0.2, 0) is 0 Å². The fourth-order valence-electron chi connectivity index (χ4n) is 1.52. The van der Waals surface area contributed by atoms with E-state index in [1.165, 1.54) is 17.8 Å². The van der Waals surface area contributed by atoms with Gasteiger partial charge in [0.1, 0.15) is 5.82 Å². The van der Waals surface area contributed by atoms with Crippen LogP contribution in [0.4, 0.5) is 4.39 Å². The fourth-order valence-corrected chi connectivity index (χ4v) is 2.95. The first kappa shape index (κ1) is 13.6. The lowest BCUT2D eigenvalue weighted by molar-refractivity contribution is 0.198. The maximum atomic E-state index is 13.9. The summed E-state index contributed by atoms with van der Waals surface area (Å²) in [4.78, 5) is 1.52. The molecule has 2 rings (SSSR count). The molecule has 0 radical (unpaired) electrons. The summed E-state index contributed by atoms with van der Waals surface area (Å²) in [5.41, 5.74) is 0.589. The van der Waals surface area contributed by atoms with E-state index in [0.29, 0.717) is 10.5 Å². The molecule has 1 N–H and O–H groups in total. The lowest BCUT2D eigenvalue weighted by atomic mass is 10.1. The smallest absolute Gasteiger partial charge is 0.137 e. The Kier molecular flexibility index (Phi) is 4.43. The van der Waals surface area contributed by atoms with Crippen molar-refractivity contribution in [3.05, 3.63) is 58.3 Å². The van der Waals surface area contributed by atoms with Crippen molar-refractivity contribution in [1.29, 1.82) is 0 Å². The van der Waals surface area contributed by atoms with Gasteiger partial charge in [-0.3, -0.25) is 0 Å². The number of aliphatic hydroxyl groups is 1. The summed E-state index contributed by atoms with van der Waals surface area (Å²) < 4.78 is 14.8. The van der Waals surface area contributed by atoms with Gasteiger partial charge in [0.05, 0.1) is 6.10 Å². The first-order chi connectivity index (χ1) is 8.56. The Morgan fingerprint density at radius 2 is 2.00 bits per heavy atom. The van der Waals surface area contributed by atoms with Gasteiger partial charge < -0.3 is 5.11 Å². The predicted octanol–water partition coefficient (Wildman–Crippen LogP) is 4.79. The molecule has 0 aliphatic rings. The molecule has 2 aromatic rings. The van der Waals surface area contributed by atoms with Crippen molar-refractivity contribution < 1.29 is 9.50 Å². The lowest BCUT2D eigenvalue weighted by Gasteiger charge is -2.08. The maximum Gasteiger partial charge on any atom is 0.137 e. The molecule has 2 aromatic carbocycles. The molecule has 94 valence electrons. The van der Waals surface area contributed by atoms with Gasteiger partial charge in [-0.1, -0.05) is 39.8 Å². The average Bonchev–Trinajstić information content (AvgIpc) is 2.31. The van der Waals surface area contributed by atoms with Crippen molar-refractivity contribution in [3.8, 4) is 0 Å². The van der Waals surface area contributed by atoms with Crippen LogP contribution in [0.25, 0.3) is 0 Å². The van der Waals surface area contributed by atoms with E-state index in [4.69, 9.17) is 0 Å². The van der Waals surface area contributed by atoms with Gasteiger partial charge in [-0.05, 0) is 42.8 Å². The second-order valence-electron chi connectivity index (χ2n) is 3.93. The van der Waals surface area contributed by atoms with Crippen LogP contribution >= 0.6 is 27.7 Å². The highest BCUT2D eigenvalue weighted by molar-refractivity contribution is 9.10. The molecule has 0 aliphatic heterocycles. The summed E-state index contributed by atoms with van der Waals surface area (Å²) in [5.74, 6) is -0.307. The topological polar surface area (TPSA) is 20.2 Å². The van der Waals surface area contributed by atoms with E-state index >= 15 is 0 Å². The average molecular weight is 327 g/mol. The molecular formula is C14H12BrFOS. The predicted molar refractivity (Wildman–Crippen MR) is 75.3 cm³/mol. The number of hydrogen-bond donors (Lipinski definition) is 1. The summed E-state index contributed by atoms with van der Waals surface area (Å²) in [6.07, 6.45) is -0.649. The summed E-state index contributed by atoms with van der Waals surface area (Å²) in [6.45, 7) is 1.62. The van der Waals surface area contributed by atoms with Crippen LogP contribution in [0.5, 0.6) is 0 Å². The monoisotopic (exact) mass is 326 g/mol. The summed E-state index contributed by atoms with van der Waals surface area (Å²) in [6, 6.07) is 12.5. The van der Waals surface area contributed by atoms with Crippen molar-refractivity contribution in [2.75, 3.05) is 0 Å². The molecule has 1 nitrogen and oxygen atoms in total. The van der Waals surface area contributed by atoms with Crippen LogP contribution in [0.2, 0.25) is 0 Å². The molecule has 0 unspecified atom stereocenters. The molecule has 1 atom stereocenters. The lowest BCUT2D eigenvalue weighted by Crippen LogP contribution is -1.92. The van der Waals surface area contributed by atoms with E-state index in [0.717, 1.165) is 9.37 Å². The van der Waals surface area contributed by atoms with Gasteiger partial charge in [0, 0.05) is 14.3 Å². The zero-order valence-electron chi connectivity index (χ0n) is 9.73. The molecule has 4 heteroatoms. The highest BCUT2D eigenvalue weighted by Crippen LogP contribution is 2.32. The summed E-state index contributed by atoms with van der Waals surface area (Å²) in [5, 5.41) is 9.39. The number of rotatable bonds is 3. The molecule has 0 heterocycles. The van der Waals surface area contributed by atoms with Crippen molar-refractivity contribution in [2.45, 2.75) is 22.8 Å². The van der Waals surface area contributed by atoms with Gasteiger partial charge >= 0.3 is 0 Å². The Labute approximate surface area is 118 Å². The van der Waals surface area contributed by atoms with Crippen molar-refractivity contribution >= 4 is 27.7 Å². The molecular weight excluding hydrogens is 315 g/mol. The second-order valence-corrected chi connectivity index (χ2v) is 5.96. The second kappa shape index (κ2) is 5.87. The van der Waals surface area contributed by atoms with E-state index in [1.54, 1.807) is 19.1 Å². The zero-order chi connectivity index (χ0) is 13.1. The number of benzene rings is 2. The standard InChI is InChI=1S/C14H12BrFOS/c1-9(17)10-5-6-14(13(16)7-10)18-12-4-2-3-11(15)8-12/h2-9,17H,1H3/t9-/m0/s1. The van der Waals surface area contributed by atoms with E-state index in [2.05, 4.69) is 15.9 Å². The minimum Gasteiger partial charge on any atom is -0.389 e. The van der Waals surface area contributed by atoms with E-state index < -0.39 is 6.10 Å². The van der Waals surface area contributed by atoms with Crippen molar-refractivity contribution in [3.63, 3.8) is 0 Å². The minimum atomic E-state index is -0.649. The molecule has 0 saturated carbocycles. The first-order valence-corrected chi connectivity index (χ1v) is 7.08. The zero-order valence-corrected chi connectivity index (χ0v) is 12.1. The normalized spacial score (nSPS) is 12.4. The van der Waals surface area contributed by atoms with Gasteiger partial charge in [0.15, 0.2) is 0 Å². The van der Waals surface area contributed by atoms with Crippen molar-refractivity contribution in [1.82, 2.24) is 0 Å². The van der Waals surface area contributed by atoms with Crippen LogP contribution in [0.1, 0.15) is 18.6 Å². The molecule has 0 aliphatic carbocycles. The van der Waals surface area contributed by atoms with E-state index in [-0.39, 0.29) is 5.82 Å². The van der Waals surface area contributed by atoms with Gasteiger partial charge in [0.25, 0.3) is 0 Å². The number of hydrogen-bond acceptors (Lipinski definition) is 2. The third kappa shape index (κ3) is 3.34. The Hall–Kier alpha value is -0.840. The van der Waals surface area contributed by atoms with Gasteiger partial charge in [-0.2, -0.15) is 0 Å². The summed E-state index contributed by atoms with van der Waals surface area (Å²) >= 11 is 4.75. The van der Waals surface area contributed by atoms with Crippen LogP contribution in [0.15, 0.2) is 56.7 Å². The Morgan fingerprint density at radius 1 is 1.22 bits per heavy atom. The highest BCUT2D eigenvalue weighted by Gasteiger charge is 2.08. The maximum absolute atomic E-state index is 13.9. The van der Waals surface area contributed by atoms with Gasteiger partial charge in [0.2, 0.25) is 0 Å². The quantitative estimate of drug-likeness (QED) is 0.874. The fraction of sp³-hybridized carbons (Fsp3) is 0.143. The molecule has 0 spiro atoms. The molecule has 0 aromatic heterocycles. The van der Waals surface area contributed by atoms with Crippen LogP contribution in [0, 0.1) is 5.82 Å². The highest BCUT2D eigenvalue weighted by atomic mass is 79.9. The largest absolute Gasteiger partial charge is 0.389 e. The van der Waals surface area contributed by atoms with Crippen LogP contribution in [0.3, 0.4) is 0 Å². The first-order valence-electron chi connectivity index (χ1n) is 5.47.